The molecule has 0 spiro atoms. The maximum Gasteiger partial charge on any atom is 0.352 e. The van der Waals surface area contributed by atoms with Gasteiger partial charge < -0.3 is 5.32 Å². The molecule has 2 heterocycles. The van der Waals surface area contributed by atoms with Crippen LogP contribution < -0.4 is 16.6 Å². The molecule has 1 N–H and O–H groups in total. The van der Waals surface area contributed by atoms with Crippen LogP contribution >= 0.6 is 0 Å². The van der Waals surface area contributed by atoms with E-state index in [4.69, 9.17) is 0 Å². The van der Waals surface area contributed by atoms with Crippen LogP contribution in [0.5, 0.6) is 0 Å². The standard InChI is InChI=1S/C24H20FN5O3/c1-16-7-6-10-19(13-16)30-24(33)29(15-17-8-2-3-11-20(17)25)23(32)21(28-30)22(31)27-14-18-9-4-5-12-26-18/h2-13H,14-15H2,1H3,(H,27,31). The van der Waals surface area contributed by atoms with Gasteiger partial charge in [0, 0.05) is 11.8 Å². The topological polar surface area (TPSA) is 98.9 Å². The average Bonchev–Trinajstić information content (AvgIpc) is 2.82. The Morgan fingerprint density at radius 2 is 1.82 bits per heavy atom. The van der Waals surface area contributed by atoms with E-state index in [-0.39, 0.29) is 18.7 Å². The van der Waals surface area contributed by atoms with Crippen molar-refractivity contribution in [3.05, 3.63) is 122 Å². The highest BCUT2D eigenvalue weighted by Crippen LogP contribution is 2.09. The van der Waals surface area contributed by atoms with Crippen LogP contribution in [0.2, 0.25) is 0 Å². The van der Waals surface area contributed by atoms with Crippen LogP contribution in [0, 0.1) is 12.7 Å². The van der Waals surface area contributed by atoms with Crippen LogP contribution in [-0.2, 0) is 13.1 Å². The van der Waals surface area contributed by atoms with E-state index in [9.17, 15) is 18.8 Å². The monoisotopic (exact) mass is 445 g/mol. The molecule has 0 unspecified atom stereocenters. The lowest BCUT2D eigenvalue weighted by Gasteiger charge is -2.13. The van der Waals surface area contributed by atoms with E-state index in [0.29, 0.717) is 11.4 Å². The molecule has 2 aromatic carbocycles. The van der Waals surface area contributed by atoms with Crippen molar-refractivity contribution in [1.29, 1.82) is 0 Å². The third-order valence-corrected chi connectivity index (χ3v) is 4.96. The largest absolute Gasteiger partial charge is 0.352 e. The molecule has 8 nitrogen and oxygen atoms in total. The van der Waals surface area contributed by atoms with E-state index in [1.54, 1.807) is 48.7 Å². The van der Waals surface area contributed by atoms with Gasteiger partial charge in [-0.2, -0.15) is 9.78 Å². The lowest BCUT2D eigenvalue weighted by molar-refractivity contribution is 0.0940. The number of carbonyl (C=O) groups excluding carboxylic acids is 1. The van der Waals surface area contributed by atoms with Crippen molar-refractivity contribution < 1.29 is 9.18 Å². The number of aryl methyl sites for hydroxylation is 1. The van der Waals surface area contributed by atoms with Gasteiger partial charge in [-0.15, -0.1) is 0 Å². The summed E-state index contributed by atoms with van der Waals surface area (Å²) in [6, 6.07) is 17.9. The van der Waals surface area contributed by atoms with Crippen LogP contribution in [-0.4, -0.2) is 25.2 Å². The van der Waals surface area contributed by atoms with Crippen molar-refractivity contribution in [2.45, 2.75) is 20.0 Å². The van der Waals surface area contributed by atoms with Gasteiger partial charge >= 0.3 is 5.69 Å². The van der Waals surface area contributed by atoms with Crippen molar-refractivity contribution in [3.63, 3.8) is 0 Å². The van der Waals surface area contributed by atoms with Gasteiger partial charge in [0.2, 0.25) is 5.69 Å². The van der Waals surface area contributed by atoms with Crippen LogP contribution in [0.4, 0.5) is 4.39 Å². The fourth-order valence-corrected chi connectivity index (χ4v) is 3.28. The SMILES string of the molecule is Cc1cccc(-n2nc(C(=O)NCc3ccccn3)c(=O)n(Cc3ccccc3F)c2=O)c1. The first-order valence-corrected chi connectivity index (χ1v) is 10.2. The zero-order valence-electron chi connectivity index (χ0n) is 17.7. The molecule has 4 aromatic rings. The molecule has 0 bridgehead atoms. The minimum absolute atomic E-state index is 0.0671. The third-order valence-electron chi connectivity index (χ3n) is 4.96. The van der Waals surface area contributed by atoms with Gasteiger partial charge in [-0.1, -0.05) is 36.4 Å². The zero-order chi connectivity index (χ0) is 23.4. The quantitative estimate of drug-likeness (QED) is 0.491. The Morgan fingerprint density at radius 3 is 2.55 bits per heavy atom. The van der Waals surface area contributed by atoms with Crippen molar-refractivity contribution in [3.8, 4) is 5.69 Å². The molecule has 4 rings (SSSR count). The summed E-state index contributed by atoms with van der Waals surface area (Å²) in [7, 11) is 0. The first-order chi connectivity index (χ1) is 15.9. The molecular formula is C24H20FN5O3. The zero-order valence-corrected chi connectivity index (χ0v) is 17.7. The van der Waals surface area contributed by atoms with Gasteiger partial charge in [-0.25, -0.2) is 9.18 Å². The molecule has 1 amide bonds. The summed E-state index contributed by atoms with van der Waals surface area (Å²) < 4.78 is 16.0. The number of amides is 1. The first-order valence-electron chi connectivity index (χ1n) is 10.2. The molecular weight excluding hydrogens is 425 g/mol. The van der Waals surface area contributed by atoms with Crippen molar-refractivity contribution in [2.75, 3.05) is 0 Å². The molecule has 33 heavy (non-hydrogen) atoms. The smallest absolute Gasteiger partial charge is 0.345 e. The predicted octanol–water partition coefficient (Wildman–Crippen LogP) is 2.22. The fraction of sp³-hybridized carbons (Fsp3) is 0.125. The van der Waals surface area contributed by atoms with E-state index in [1.165, 1.54) is 18.2 Å². The molecule has 0 atom stereocenters. The van der Waals surface area contributed by atoms with Crippen LogP contribution in [0.15, 0.2) is 82.5 Å². The Balaban J connectivity index is 1.80. The number of pyridine rings is 1. The Hall–Kier alpha value is -4.40. The number of hydrogen-bond acceptors (Lipinski definition) is 5. The molecule has 0 saturated heterocycles. The first kappa shape index (κ1) is 21.8. The second-order valence-corrected chi connectivity index (χ2v) is 7.37. The minimum Gasteiger partial charge on any atom is -0.345 e. The van der Waals surface area contributed by atoms with E-state index >= 15 is 0 Å². The second kappa shape index (κ2) is 9.39. The molecule has 0 aliphatic heterocycles. The fourth-order valence-electron chi connectivity index (χ4n) is 3.28. The Bertz CT molecular complexity index is 1430. The van der Waals surface area contributed by atoms with Crippen molar-refractivity contribution in [1.82, 2.24) is 24.6 Å². The molecule has 0 aliphatic rings. The third kappa shape index (κ3) is 4.77. The Labute approximate surface area is 188 Å². The summed E-state index contributed by atoms with van der Waals surface area (Å²) in [5.41, 5.74) is -0.220. The van der Waals surface area contributed by atoms with Gasteiger partial charge in [-0.05, 0) is 42.8 Å². The lowest BCUT2D eigenvalue weighted by Crippen LogP contribution is -2.46. The summed E-state index contributed by atoms with van der Waals surface area (Å²) in [4.78, 5) is 43.3. The number of halogens is 1. The summed E-state index contributed by atoms with van der Waals surface area (Å²) in [5, 5.41) is 6.67. The van der Waals surface area contributed by atoms with Crippen LogP contribution in [0.3, 0.4) is 0 Å². The molecule has 0 aliphatic carbocycles. The number of carbonyl (C=O) groups is 1. The van der Waals surface area contributed by atoms with E-state index < -0.39 is 28.7 Å². The summed E-state index contributed by atoms with van der Waals surface area (Å²) in [5.74, 6) is -1.33. The van der Waals surface area contributed by atoms with Gasteiger partial charge in [0.15, 0.2) is 0 Å². The predicted molar refractivity (Wildman–Crippen MR) is 120 cm³/mol. The van der Waals surface area contributed by atoms with Crippen molar-refractivity contribution in [2.24, 2.45) is 0 Å². The molecule has 2 aromatic heterocycles. The van der Waals surface area contributed by atoms with E-state index in [0.717, 1.165) is 14.8 Å². The highest BCUT2D eigenvalue weighted by atomic mass is 19.1. The van der Waals surface area contributed by atoms with E-state index in [1.807, 2.05) is 13.0 Å². The van der Waals surface area contributed by atoms with Crippen molar-refractivity contribution >= 4 is 5.91 Å². The highest BCUT2D eigenvalue weighted by molar-refractivity contribution is 5.91. The average molecular weight is 445 g/mol. The lowest BCUT2D eigenvalue weighted by atomic mass is 10.2. The number of nitrogens with zero attached hydrogens (tertiary/aromatic N) is 4. The van der Waals surface area contributed by atoms with Crippen LogP contribution in [0.1, 0.15) is 27.3 Å². The van der Waals surface area contributed by atoms with Gasteiger partial charge in [-0.3, -0.25) is 19.1 Å². The van der Waals surface area contributed by atoms with E-state index in [2.05, 4.69) is 15.4 Å². The number of hydrogen-bond donors (Lipinski definition) is 1. The number of nitrogens with one attached hydrogen (secondary N) is 1. The van der Waals surface area contributed by atoms with Gasteiger partial charge in [0.25, 0.3) is 11.5 Å². The number of aromatic nitrogens is 4. The molecule has 9 heteroatoms. The molecule has 0 saturated carbocycles. The molecule has 0 radical (unpaired) electrons. The Kier molecular flexibility index (Phi) is 6.21. The summed E-state index contributed by atoms with van der Waals surface area (Å²) in [6.45, 7) is 1.56. The Morgan fingerprint density at radius 1 is 1.03 bits per heavy atom. The second-order valence-electron chi connectivity index (χ2n) is 7.37. The molecule has 0 fully saturated rings. The maximum absolute atomic E-state index is 14.3. The highest BCUT2D eigenvalue weighted by Gasteiger charge is 2.21. The normalized spacial score (nSPS) is 10.7. The number of rotatable bonds is 6. The summed E-state index contributed by atoms with van der Waals surface area (Å²) >= 11 is 0. The minimum atomic E-state index is -0.911. The maximum atomic E-state index is 14.3. The van der Waals surface area contributed by atoms with Crippen LogP contribution in [0.25, 0.3) is 5.69 Å². The molecule has 166 valence electrons. The van der Waals surface area contributed by atoms with Gasteiger partial charge in [0.05, 0.1) is 24.5 Å². The summed E-state index contributed by atoms with van der Waals surface area (Å²) in [6.07, 6.45) is 1.58. The number of benzene rings is 2. The van der Waals surface area contributed by atoms with Gasteiger partial charge in [0.1, 0.15) is 5.82 Å².